The summed E-state index contributed by atoms with van der Waals surface area (Å²) in [4.78, 5) is 29.8. The second-order valence-electron chi connectivity index (χ2n) is 0.737. The molecule has 0 atom stereocenters. The van der Waals surface area contributed by atoms with E-state index in [1.165, 1.54) is 0 Å². The largest absolute Gasteiger partial charge is 3.00 e. The van der Waals surface area contributed by atoms with Crippen molar-refractivity contribution in [1.29, 1.82) is 0 Å². The van der Waals surface area contributed by atoms with Crippen LogP contribution in [0.2, 0.25) is 0 Å². The zero-order chi connectivity index (χ0) is 8.08. The van der Waals surface area contributed by atoms with Gasteiger partial charge in [0.2, 0.25) is 0 Å². The average molecular weight is 438 g/mol. The number of hydrogen-bond acceptors (Lipinski definition) is 4. The molecule has 0 aromatic carbocycles. The first-order valence-electron chi connectivity index (χ1n) is 1.33. The Hall–Kier alpha value is 1.70. The quantitative estimate of drug-likeness (QED) is 0.246. The van der Waals surface area contributed by atoms with Gasteiger partial charge in [0, 0.05) is 35.6 Å². The summed E-state index contributed by atoms with van der Waals surface area (Å²) in [5.41, 5.74) is 0. The zero-order valence-electron chi connectivity index (χ0n) is 5.02. The van der Waals surface area contributed by atoms with Gasteiger partial charge in [0.15, 0.2) is 0 Å². The van der Waals surface area contributed by atoms with Gasteiger partial charge in [-0.3, -0.25) is 0 Å². The molecular weight excluding hydrogens is 435 g/mol. The summed E-state index contributed by atoms with van der Waals surface area (Å²) < 4.78 is 8.88. The van der Waals surface area contributed by atoms with Gasteiger partial charge in [-0.2, -0.15) is 0 Å². The van der Waals surface area contributed by atoms with Crippen molar-refractivity contribution in [2.45, 2.75) is 0 Å². The Morgan fingerprint density at radius 2 is 1.18 bits per heavy atom. The van der Waals surface area contributed by atoms with E-state index in [9.17, 15) is 0 Å². The summed E-state index contributed by atoms with van der Waals surface area (Å²) in [5, 5.41) is 14.8. The van der Waals surface area contributed by atoms with Crippen LogP contribution in [0.15, 0.2) is 0 Å². The van der Waals surface area contributed by atoms with Crippen LogP contribution in [0, 0.1) is 86.5 Å². The molecule has 59 valence electrons. The minimum absolute atomic E-state index is 0. The fourth-order valence-electron chi connectivity index (χ4n) is 0. The van der Waals surface area contributed by atoms with Gasteiger partial charge in [-0.1, -0.05) is 0 Å². The molecule has 3 N–H and O–H groups in total. The maximum atomic E-state index is 8.88. The van der Waals surface area contributed by atoms with Crippen molar-refractivity contribution in [3.05, 3.63) is 15.3 Å². The summed E-state index contributed by atoms with van der Waals surface area (Å²) in [5.74, 6) is 0. The third kappa shape index (κ3) is 381. The van der Waals surface area contributed by atoms with Gasteiger partial charge >= 0.3 is 43.4 Å². The maximum absolute atomic E-state index is 8.88. The summed E-state index contributed by atoms with van der Waals surface area (Å²) in [7, 11) is -4.64. The first kappa shape index (κ1) is 23.0. The van der Waals surface area contributed by atoms with Gasteiger partial charge in [-0.05, 0) is 0 Å². The average Bonchev–Trinajstić information content (AvgIpc) is 1.19. The van der Waals surface area contributed by atoms with E-state index in [1.807, 2.05) is 0 Å². The minimum atomic E-state index is -4.64. The van der Waals surface area contributed by atoms with Crippen LogP contribution in [0.4, 0.5) is 0 Å². The Bertz CT molecular complexity index is 116. The summed E-state index contributed by atoms with van der Waals surface area (Å²) in [6.45, 7) is 0. The number of hydrogen-bond donors (Lipinski definition) is 3. The van der Waals surface area contributed by atoms with Crippen LogP contribution in [0.5, 0.6) is 0 Å². The topological polar surface area (TPSA) is 144 Å². The first-order valence-corrected chi connectivity index (χ1v) is 2.90. The molecule has 0 aromatic heterocycles. The SMILES string of the molecule is O=P(O)(O)O.O=[N+]([O-])[O-].[La+3].[La]. The van der Waals surface area contributed by atoms with Crippen LogP contribution in [0.25, 0.3) is 0 Å². The van der Waals surface area contributed by atoms with Crippen LogP contribution in [-0.2, 0) is 4.57 Å². The molecule has 0 bridgehead atoms. The third-order valence-electron chi connectivity index (χ3n) is 0. The second-order valence-corrected chi connectivity index (χ2v) is 1.76. The molecule has 0 fully saturated rings. The van der Waals surface area contributed by atoms with Crippen LogP contribution >= 0.6 is 7.82 Å². The van der Waals surface area contributed by atoms with Crippen molar-refractivity contribution < 1.29 is 95.5 Å². The molecule has 11 heavy (non-hydrogen) atoms. The van der Waals surface area contributed by atoms with Gasteiger partial charge in [-0.15, -0.1) is 0 Å². The second kappa shape index (κ2) is 11.7. The predicted octanol–water partition coefficient (Wildman–Crippen LogP) is -1.17. The molecule has 0 saturated carbocycles. The summed E-state index contributed by atoms with van der Waals surface area (Å²) in [6.07, 6.45) is 0. The minimum Gasteiger partial charge on any atom is -0.356 e. The molecule has 0 aromatic rings. The molecule has 0 spiro atoms. The van der Waals surface area contributed by atoms with E-state index in [4.69, 9.17) is 34.6 Å². The molecule has 0 amide bonds. The third-order valence-corrected chi connectivity index (χ3v) is 0. The smallest absolute Gasteiger partial charge is 0.356 e. The van der Waals surface area contributed by atoms with E-state index in [1.54, 1.807) is 0 Å². The van der Waals surface area contributed by atoms with E-state index in [2.05, 4.69) is 0 Å². The Balaban J connectivity index is -0.0000000383. The zero-order valence-corrected chi connectivity index (χ0v) is 13.2. The van der Waals surface area contributed by atoms with Crippen molar-refractivity contribution in [1.82, 2.24) is 0 Å². The molecule has 0 saturated heterocycles. The molecule has 8 nitrogen and oxygen atoms in total. The predicted molar refractivity (Wildman–Crippen MR) is 24.6 cm³/mol. The first-order chi connectivity index (χ1) is 3.73. The fraction of sp³-hybridized carbons (Fsp3) is 0. The van der Waals surface area contributed by atoms with E-state index in [-0.39, 0.29) is 71.2 Å². The molecule has 0 aliphatic heterocycles. The van der Waals surface area contributed by atoms with E-state index in [0.717, 1.165) is 0 Å². The van der Waals surface area contributed by atoms with Gasteiger partial charge in [0.05, 0.1) is 5.09 Å². The molecule has 0 unspecified atom stereocenters. The van der Waals surface area contributed by atoms with E-state index >= 15 is 0 Å². The molecule has 1 radical (unpaired) electrons. The van der Waals surface area contributed by atoms with Crippen molar-refractivity contribution >= 4 is 7.82 Å². The molecule has 0 rings (SSSR count). The van der Waals surface area contributed by atoms with Gasteiger partial charge in [0.25, 0.3) is 0 Å². The fourth-order valence-corrected chi connectivity index (χ4v) is 0. The Labute approximate surface area is 117 Å². The van der Waals surface area contributed by atoms with Gasteiger partial charge in [0.1, 0.15) is 0 Å². The van der Waals surface area contributed by atoms with E-state index in [0.29, 0.717) is 0 Å². The molecule has 0 aliphatic carbocycles. The normalized spacial score (nSPS) is 7.55. The maximum Gasteiger partial charge on any atom is 3.00 e. The molecule has 0 heterocycles. The number of rotatable bonds is 0. The standard InChI is InChI=1S/2La.NO3.H3O4P/c;;2-1(3)4;1-5(2,3)4/h;;;(H3,1,2,3,4)/q;+3;-1;. The summed E-state index contributed by atoms with van der Waals surface area (Å²) >= 11 is 0. The van der Waals surface area contributed by atoms with Crippen molar-refractivity contribution in [2.24, 2.45) is 0 Å². The molecular formula is H3La2NO7P+2. The number of nitrogens with zero attached hydrogens (tertiary/aromatic N) is 1. The van der Waals surface area contributed by atoms with Gasteiger partial charge < -0.3 is 30.0 Å². The Morgan fingerprint density at radius 1 is 1.18 bits per heavy atom. The Kier molecular flexibility index (Phi) is 24.4. The molecule has 0 aliphatic rings. The van der Waals surface area contributed by atoms with Crippen molar-refractivity contribution in [3.8, 4) is 0 Å². The number of phosphoric acid groups is 1. The summed E-state index contributed by atoms with van der Waals surface area (Å²) in [6, 6.07) is 0. The van der Waals surface area contributed by atoms with E-state index < -0.39 is 12.9 Å². The molecule has 11 heteroatoms. The van der Waals surface area contributed by atoms with Crippen LogP contribution in [-0.4, -0.2) is 19.8 Å². The van der Waals surface area contributed by atoms with Gasteiger partial charge in [-0.25, -0.2) is 4.57 Å². The van der Waals surface area contributed by atoms with Crippen LogP contribution < -0.4 is 0 Å². The van der Waals surface area contributed by atoms with Crippen LogP contribution in [0.1, 0.15) is 0 Å². The Morgan fingerprint density at radius 3 is 1.18 bits per heavy atom. The van der Waals surface area contributed by atoms with Crippen molar-refractivity contribution in [3.63, 3.8) is 0 Å². The monoisotopic (exact) mass is 438 g/mol. The van der Waals surface area contributed by atoms with Crippen LogP contribution in [0.3, 0.4) is 0 Å². The van der Waals surface area contributed by atoms with Crippen molar-refractivity contribution in [2.75, 3.05) is 0 Å².